The van der Waals surface area contributed by atoms with E-state index in [-0.39, 0.29) is 11.9 Å². The largest absolute Gasteiger partial charge is 0.395 e. The molecular weight excluding hydrogens is 278 g/mol. The average Bonchev–Trinajstić information content (AvgIpc) is 2.36. The van der Waals surface area contributed by atoms with Crippen LogP contribution in [0.2, 0.25) is 5.02 Å². The van der Waals surface area contributed by atoms with Crippen LogP contribution in [0.3, 0.4) is 0 Å². The van der Waals surface area contributed by atoms with Crippen molar-refractivity contribution in [1.29, 1.82) is 0 Å². The summed E-state index contributed by atoms with van der Waals surface area (Å²) in [5.74, 6) is 0.584. The Morgan fingerprint density at radius 2 is 2.11 bits per heavy atom. The summed E-state index contributed by atoms with van der Waals surface area (Å²) in [7, 11) is 0. The van der Waals surface area contributed by atoms with Crippen molar-refractivity contribution in [2.75, 3.05) is 12.9 Å². The third kappa shape index (κ3) is 3.66. The fourth-order valence-electron chi connectivity index (χ4n) is 2.73. The maximum absolute atomic E-state index is 9.29. The highest BCUT2D eigenvalue weighted by Crippen LogP contribution is 2.40. The van der Waals surface area contributed by atoms with Crippen LogP contribution in [0, 0.1) is 0 Å². The second kappa shape index (κ2) is 6.98. The highest BCUT2D eigenvalue weighted by Gasteiger charge is 2.33. The van der Waals surface area contributed by atoms with Crippen molar-refractivity contribution >= 4 is 23.4 Å². The molecule has 0 aromatic heterocycles. The molecule has 2 rings (SSSR count). The number of hydrogen-bond acceptors (Lipinski definition) is 3. The maximum atomic E-state index is 9.29. The Bertz CT molecular complexity index is 405. The van der Waals surface area contributed by atoms with E-state index in [9.17, 15) is 5.11 Å². The highest BCUT2D eigenvalue weighted by molar-refractivity contribution is 7.99. The molecule has 1 aromatic carbocycles. The van der Waals surface area contributed by atoms with Gasteiger partial charge in [-0.15, -0.1) is 0 Å². The van der Waals surface area contributed by atoms with Crippen LogP contribution in [0.4, 0.5) is 0 Å². The molecule has 0 bridgehead atoms. The van der Waals surface area contributed by atoms with Gasteiger partial charge in [-0.05, 0) is 43.6 Å². The van der Waals surface area contributed by atoms with E-state index >= 15 is 0 Å². The molecule has 0 aliphatic heterocycles. The first-order chi connectivity index (χ1) is 9.15. The fourth-order valence-corrected chi connectivity index (χ4v) is 3.66. The van der Waals surface area contributed by atoms with Gasteiger partial charge in [-0.3, -0.25) is 0 Å². The summed E-state index contributed by atoms with van der Waals surface area (Å²) >= 11 is 7.94. The van der Waals surface area contributed by atoms with E-state index in [4.69, 9.17) is 11.6 Å². The lowest BCUT2D eigenvalue weighted by Crippen LogP contribution is -2.48. The molecule has 1 saturated carbocycles. The molecule has 2 nitrogen and oxygen atoms in total. The first-order valence-corrected chi connectivity index (χ1v) is 8.46. The smallest absolute Gasteiger partial charge is 0.0564 e. The fraction of sp³-hybridized carbons (Fsp3) is 0.600. The van der Waals surface area contributed by atoms with Gasteiger partial charge in [0.05, 0.1) is 6.61 Å². The standard InChI is InChI=1S/C15H22ClNOS/c1-10(15(9-18)19-2)17-12-7-11(8-12)13-5-3-4-6-14(13)16/h3-6,10-12,15,17-18H,7-9H2,1-2H3. The minimum absolute atomic E-state index is 0.232. The molecule has 2 N–H and O–H groups in total. The van der Waals surface area contributed by atoms with Gasteiger partial charge in [0, 0.05) is 22.4 Å². The number of halogens is 1. The molecule has 0 heterocycles. The van der Waals surface area contributed by atoms with Crippen molar-refractivity contribution in [2.24, 2.45) is 0 Å². The van der Waals surface area contributed by atoms with Crippen LogP contribution in [-0.2, 0) is 0 Å². The minimum atomic E-state index is 0.232. The van der Waals surface area contributed by atoms with Gasteiger partial charge in [-0.2, -0.15) is 11.8 Å². The van der Waals surface area contributed by atoms with Gasteiger partial charge in [-0.25, -0.2) is 0 Å². The molecule has 19 heavy (non-hydrogen) atoms. The van der Waals surface area contributed by atoms with Crippen molar-refractivity contribution in [3.05, 3.63) is 34.9 Å². The lowest BCUT2D eigenvalue weighted by Gasteiger charge is -2.39. The van der Waals surface area contributed by atoms with E-state index in [1.165, 1.54) is 5.56 Å². The summed E-state index contributed by atoms with van der Waals surface area (Å²) in [5, 5.41) is 14.1. The van der Waals surface area contributed by atoms with Crippen LogP contribution in [0.5, 0.6) is 0 Å². The number of rotatable bonds is 6. The summed E-state index contributed by atoms with van der Waals surface area (Å²) in [6.45, 7) is 2.39. The van der Waals surface area contributed by atoms with Gasteiger partial charge in [0.2, 0.25) is 0 Å². The molecule has 0 saturated heterocycles. The van der Waals surface area contributed by atoms with Gasteiger partial charge in [0.25, 0.3) is 0 Å². The Hall–Kier alpha value is -0.220. The third-order valence-electron chi connectivity index (χ3n) is 4.02. The second-order valence-corrected chi connectivity index (χ2v) is 6.78. The number of benzene rings is 1. The van der Waals surface area contributed by atoms with E-state index in [2.05, 4.69) is 24.4 Å². The minimum Gasteiger partial charge on any atom is -0.395 e. The molecular formula is C15H22ClNOS. The zero-order chi connectivity index (χ0) is 13.8. The molecule has 4 heteroatoms. The van der Waals surface area contributed by atoms with Gasteiger partial charge < -0.3 is 10.4 Å². The van der Waals surface area contributed by atoms with Crippen LogP contribution in [-0.4, -0.2) is 35.3 Å². The van der Waals surface area contributed by atoms with Crippen LogP contribution in [0.25, 0.3) is 0 Å². The molecule has 2 unspecified atom stereocenters. The first kappa shape index (κ1) is 15.2. The van der Waals surface area contributed by atoms with Gasteiger partial charge in [0.1, 0.15) is 0 Å². The van der Waals surface area contributed by atoms with Crippen molar-refractivity contribution < 1.29 is 5.11 Å². The first-order valence-electron chi connectivity index (χ1n) is 6.79. The number of nitrogens with one attached hydrogen (secondary N) is 1. The van der Waals surface area contributed by atoms with Crippen LogP contribution >= 0.6 is 23.4 Å². The number of aliphatic hydroxyl groups is 1. The highest BCUT2D eigenvalue weighted by atomic mass is 35.5. The lowest BCUT2D eigenvalue weighted by atomic mass is 9.75. The molecule has 1 aliphatic rings. The molecule has 1 fully saturated rings. The van der Waals surface area contributed by atoms with E-state index in [0.29, 0.717) is 18.0 Å². The SMILES string of the molecule is CSC(CO)C(C)NC1CC(c2ccccc2Cl)C1. The van der Waals surface area contributed by atoms with Crippen molar-refractivity contribution in [1.82, 2.24) is 5.32 Å². The number of hydrogen-bond donors (Lipinski definition) is 2. The maximum Gasteiger partial charge on any atom is 0.0564 e. The van der Waals surface area contributed by atoms with Crippen LogP contribution in [0.1, 0.15) is 31.2 Å². The molecule has 1 aliphatic carbocycles. The molecule has 2 atom stereocenters. The van der Waals surface area contributed by atoms with Gasteiger partial charge >= 0.3 is 0 Å². The van der Waals surface area contributed by atoms with Crippen LogP contribution in [0.15, 0.2) is 24.3 Å². The van der Waals surface area contributed by atoms with Crippen LogP contribution < -0.4 is 5.32 Å². The van der Waals surface area contributed by atoms with Gasteiger partial charge in [-0.1, -0.05) is 29.8 Å². The summed E-state index contributed by atoms with van der Waals surface area (Å²) in [6.07, 6.45) is 4.33. The lowest BCUT2D eigenvalue weighted by molar-refractivity contribution is 0.235. The third-order valence-corrected chi connectivity index (χ3v) is 5.53. The van der Waals surface area contributed by atoms with Crippen molar-refractivity contribution in [3.8, 4) is 0 Å². The summed E-state index contributed by atoms with van der Waals surface area (Å²) in [4.78, 5) is 0. The number of aliphatic hydroxyl groups excluding tert-OH is 1. The Labute approximate surface area is 124 Å². The van der Waals surface area contributed by atoms with Gasteiger partial charge in [0.15, 0.2) is 0 Å². The summed E-state index contributed by atoms with van der Waals surface area (Å²) in [5.41, 5.74) is 1.28. The Kier molecular flexibility index (Phi) is 5.58. The normalized spacial score (nSPS) is 25.7. The second-order valence-electron chi connectivity index (χ2n) is 5.30. The zero-order valence-electron chi connectivity index (χ0n) is 11.5. The zero-order valence-corrected chi connectivity index (χ0v) is 13.0. The topological polar surface area (TPSA) is 32.3 Å². The predicted octanol–water partition coefficient (Wildman–Crippen LogP) is 3.29. The van der Waals surface area contributed by atoms with E-state index in [1.54, 1.807) is 11.8 Å². The Morgan fingerprint density at radius 3 is 2.68 bits per heavy atom. The molecule has 0 radical (unpaired) electrons. The Balaban J connectivity index is 1.82. The van der Waals surface area contributed by atoms with Crippen molar-refractivity contribution in [2.45, 2.75) is 43.0 Å². The molecule has 0 amide bonds. The molecule has 106 valence electrons. The average molecular weight is 300 g/mol. The molecule has 0 spiro atoms. The van der Waals surface area contributed by atoms with E-state index in [0.717, 1.165) is 17.9 Å². The van der Waals surface area contributed by atoms with E-state index in [1.807, 2.05) is 18.4 Å². The quantitative estimate of drug-likeness (QED) is 0.845. The summed E-state index contributed by atoms with van der Waals surface area (Å²) < 4.78 is 0. The predicted molar refractivity (Wildman–Crippen MR) is 84.2 cm³/mol. The number of thioether (sulfide) groups is 1. The van der Waals surface area contributed by atoms with E-state index < -0.39 is 0 Å². The molecule has 1 aromatic rings. The monoisotopic (exact) mass is 299 g/mol. The Morgan fingerprint density at radius 1 is 1.42 bits per heavy atom. The summed E-state index contributed by atoms with van der Waals surface area (Å²) in [6, 6.07) is 9.03. The van der Waals surface area contributed by atoms with Crippen molar-refractivity contribution in [3.63, 3.8) is 0 Å².